The van der Waals surface area contributed by atoms with Crippen molar-refractivity contribution in [3.63, 3.8) is 0 Å². The molecule has 2 N–H and O–H groups in total. The standard InChI is InChI=1S/C22H23N3O2.2ClH/c1-27-18-8-10-20-16(11-18)7-9-21(24-20)22(26)25-13-17(12-23)19(14-25)15-5-3-2-4-6-15;;/h2-11,17,19H,12-14,23H2,1H3;2*1H/t17-,19+;;/m1../s1. The van der Waals surface area contributed by atoms with Crippen molar-refractivity contribution in [2.45, 2.75) is 5.92 Å². The maximum absolute atomic E-state index is 13.1. The quantitative estimate of drug-likeness (QED) is 0.677. The third-order valence-electron chi connectivity index (χ3n) is 5.37. The minimum atomic E-state index is -0.0374. The molecule has 1 aliphatic heterocycles. The maximum atomic E-state index is 13.1. The van der Waals surface area contributed by atoms with Crippen LogP contribution in [0.5, 0.6) is 5.75 Å². The number of methoxy groups -OCH3 is 1. The van der Waals surface area contributed by atoms with Crippen molar-refractivity contribution in [3.05, 3.63) is 71.9 Å². The summed E-state index contributed by atoms with van der Waals surface area (Å²) in [7, 11) is 1.64. The fourth-order valence-corrected chi connectivity index (χ4v) is 3.87. The highest BCUT2D eigenvalue weighted by Gasteiger charge is 2.35. The summed E-state index contributed by atoms with van der Waals surface area (Å²) >= 11 is 0. The predicted molar refractivity (Wildman–Crippen MR) is 120 cm³/mol. The lowest BCUT2D eigenvalue weighted by Crippen LogP contribution is -2.30. The number of hydrogen-bond acceptors (Lipinski definition) is 4. The van der Waals surface area contributed by atoms with E-state index in [4.69, 9.17) is 10.5 Å². The number of fused-ring (bicyclic) bond motifs is 1. The molecule has 7 heteroatoms. The van der Waals surface area contributed by atoms with Crippen molar-refractivity contribution in [2.75, 3.05) is 26.7 Å². The van der Waals surface area contributed by atoms with Crippen molar-refractivity contribution in [2.24, 2.45) is 11.7 Å². The van der Waals surface area contributed by atoms with Crippen LogP contribution in [0.2, 0.25) is 0 Å². The highest BCUT2D eigenvalue weighted by molar-refractivity contribution is 5.95. The summed E-state index contributed by atoms with van der Waals surface area (Å²) in [6, 6.07) is 19.7. The van der Waals surface area contributed by atoms with Crippen LogP contribution in [0, 0.1) is 5.92 Å². The van der Waals surface area contributed by atoms with E-state index in [1.165, 1.54) is 5.56 Å². The Morgan fingerprint density at radius 3 is 2.55 bits per heavy atom. The molecule has 2 heterocycles. The lowest BCUT2D eigenvalue weighted by Gasteiger charge is -2.16. The Balaban J connectivity index is 0.00000150. The van der Waals surface area contributed by atoms with E-state index in [9.17, 15) is 4.79 Å². The fourth-order valence-electron chi connectivity index (χ4n) is 3.87. The molecular formula is C22H25Cl2N3O2. The van der Waals surface area contributed by atoms with Crippen molar-refractivity contribution in [3.8, 4) is 5.75 Å². The van der Waals surface area contributed by atoms with Gasteiger partial charge in [-0.2, -0.15) is 0 Å². The molecule has 1 fully saturated rings. The maximum Gasteiger partial charge on any atom is 0.272 e. The minimum absolute atomic E-state index is 0. The van der Waals surface area contributed by atoms with Crippen LogP contribution in [0.25, 0.3) is 10.9 Å². The number of halogens is 2. The average molecular weight is 434 g/mol. The summed E-state index contributed by atoms with van der Waals surface area (Å²) in [6.45, 7) is 1.90. The molecule has 0 radical (unpaired) electrons. The first-order valence-corrected chi connectivity index (χ1v) is 9.18. The number of carbonyl (C=O) groups excluding carboxylic acids is 1. The van der Waals surface area contributed by atoms with E-state index < -0.39 is 0 Å². The van der Waals surface area contributed by atoms with Crippen LogP contribution < -0.4 is 10.5 Å². The molecule has 1 amide bonds. The number of hydrogen-bond donors (Lipinski definition) is 1. The Morgan fingerprint density at radius 2 is 1.86 bits per heavy atom. The number of nitrogens with two attached hydrogens (primary N) is 1. The molecule has 154 valence electrons. The second-order valence-electron chi connectivity index (χ2n) is 6.98. The Bertz CT molecular complexity index is 969. The van der Waals surface area contributed by atoms with E-state index in [2.05, 4.69) is 17.1 Å². The average Bonchev–Trinajstić information content (AvgIpc) is 3.17. The number of ether oxygens (including phenoxy) is 1. The molecular weight excluding hydrogens is 409 g/mol. The molecule has 0 unspecified atom stereocenters. The lowest BCUT2D eigenvalue weighted by atomic mass is 9.89. The molecule has 1 saturated heterocycles. The van der Waals surface area contributed by atoms with Gasteiger partial charge in [-0.25, -0.2) is 4.98 Å². The Labute approximate surface area is 183 Å². The number of rotatable bonds is 4. The van der Waals surface area contributed by atoms with Crippen LogP contribution in [0.15, 0.2) is 60.7 Å². The molecule has 1 aliphatic rings. The van der Waals surface area contributed by atoms with Crippen LogP contribution in [0.4, 0.5) is 0 Å². The lowest BCUT2D eigenvalue weighted by molar-refractivity contribution is 0.0781. The summed E-state index contributed by atoms with van der Waals surface area (Å²) in [4.78, 5) is 19.5. The molecule has 0 aliphatic carbocycles. The molecule has 1 aromatic heterocycles. The van der Waals surface area contributed by atoms with Crippen LogP contribution in [0.3, 0.4) is 0 Å². The summed E-state index contributed by atoms with van der Waals surface area (Å²) in [5, 5.41) is 0.953. The van der Waals surface area contributed by atoms with Crippen LogP contribution in [-0.2, 0) is 0 Å². The summed E-state index contributed by atoms with van der Waals surface area (Å²) in [5.74, 6) is 1.27. The van der Waals surface area contributed by atoms with Gasteiger partial charge in [0.1, 0.15) is 11.4 Å². The molecule has 4 rings (SSSR count). The molecule has 0 saturated carbocycles. The Kier molecular flexibility index (Phi) is 7.85. The highest BCUT2D eigenvalue weighted by Crippen LogP contribution is 2.32. The fraction of sp³-hybridized carbons (Fsp3) is 0.273. The van der Waals surface area contributed by atoms with Gasteiger partial charge in [0.05, 0.1) is 12.6 Å². The smallest absolute Gasteiger partial charge is 0.272 e. The minimum Gasteiger partial charge on any atom is -0.497 e. The highest BCUT2D eigenvalue weighted by atomic mass is 35.5. The van der Waals surface area contributed by atoms with Gasteiger partial charge in [0.25, 0.3) is 5.91 Å². The van der Waals surface area contributed by atoms with E-state index in [1.54, 1.807) is 13.2 Å². The van der Waals surface area contributed by atoms with Crippen molar-refractivity contribution < 1.29 is 9.53 Å². The molecule has 5 nitrogen and oxygen atoms in total. The van der Waals surface area contributed by atoms with Crippen molar-refractivity contribution in [1.82, 2.24) is 9.88 Å². The zero-order valence-corrected chi connectivity index (χ0v) is 17.8. The third-order valence-corrected chi connectivity index (χ3v) is 5.37. The third kappa shape index (κ3) is 4.64. The first kappa shape index (κ1) is 22.9. The molecule has 2 atom stereocenters. The number of carbonyl (C=O) groups is 1. The van der Waals surface area contributed by atoms with Crippen molar-refractivity contribution >= 4 is 41.6 Å². The molecule has 29 heavy (non-hydrogen) atoms. The summed E-state index contributed by atoms with van der Waals surface area (Å²) in [5.41, 5.74) is 8.49. The van der Waals surface area contributed by atoms with E-state index in [1.807, 2.05) is 47.4 Å². The molecule has 0 bridgehead atoms. The summed E-state index contributed by atoms with van der Waals surface area (Å²) in [6.07, 6.45) is 0. The van der Waals surface area contributed by atoms with Crippen LogP contribution in [-0.4, -0.2) is 42.5 Å². The van der Waals surface area contributed by atoms with Gasteiger partial charge < -0.3 is 15.4 Å². The van der Waals surface area contributed by atoms with Gasteiger partial charge in [-0.05, 0) is 42.3 Å². The molecule has 3 aromatic rings. The first-order chi connectivity index (χ1) is 13.2. The van der Waals surface area contributed by atoms with Gasteiger partial charge in [-0.1, -0.05) is 36.4 Å². The zero-order valence-electron chi connectivity index (χ0n) is 16.2. The number of likely N-dealkylation sites (tertiary alicyclic amines) is 1. The second kappa shape index (κ2) is 9.92. The monoisotopic (exact) mass is 433 g/mol. The Morgan fingerprint density at radius 1 is 1.10 bits per heavy atom. The summed E-state index contributed by atoms with van der Waals surface area (Å²) < 4.78 is 5.24. The number of nitrogens with zero attached hydrogens (tertiary/aromatic N) is 2. The number of pyridine rings is 1. The topological polar surface area (TPSA) is 68.5 Å². The van der Waals surface area contributed by atoms with E-state index in [0.717, 1.165) is 16.7 Å². The largest absolute Gasteiger partial charge is 0.497 e. The predicted octanol–water partition coefficient (Wildman–Crippen LogP) is 3.90. The molecule has 0 spiro atoms. The van der Waals surface area contributed by atoms with Crippen LogP contribution in [0.1, 0.15) is 22.0 Å². The zero-order chi connectivity index (χ0) is 18.8. The van der Waals surface area contributed by atoms with Gasteiger partial charge in [0.2, 0.25) is 0 Å². The van der Waals surface area contributed by atoms with Gasteiger partial charge in [0.15, 0.2) is 0 Å². The van der Waals surface area contributed by atoms with Gasteiger partial charge in [0, 0.05) is 24.4 Å². The SMILES string of the molecule is COc1ccc2nc(C(=O)N3C[C@@H](CN)[C@H](c4ccccc4)C3)ccc2c1.Cl.Cl. The second-order valence-corrected chi connectivity index (χ2v) is 6.98. The van der Waals surface area contributed by atoms with Gasteiger partial charge >= 0.3 is 0 Å². The van der Waals surface area contributed by atoms with E-state index in [0.29, 0.717) is 25.3 Å². The van der Waals surface area contributed by atoms with Crippen molar-refractivity contribution in [1.29, 1.82) is 0 Å². The van der Waals surface area contributed by atoms with Crippen LogP contribution >= 0.6 is 24.8 Å². The number of amides is 1. The Hall–Kier alpha value is -2.34. The van der Waals surface area contributed by atoms with E-state index >= 15 is 0 Å². The van der Waals surface area contributed by atoms with Gasteiger partial charge in [-0.3, -0.25) is 4.79 Å². The number of aromatic nitrogens is 1. The molecule has 2 aromatic carbocycles. The number of benzene rings is 2. The van der Waals surface area contributed by atoms with Gasteiger partial charge in [-0.15, -0.1) is 24.8 Å². The first-order valence-electron chi connectivity index (χ1n) is 9.18. The normalized spacial score (nSPS) is 18.1. The van der Waals surface area contributed by atoms with E-state index in [-0.39, 0.29) is 42.6 Å².